The summed E-state index contributed by atoms with van der Waals surface area (Å²) in [6.07, 6.45) is 0. The molecule has 0 saturated carbocycles. The van der Waals surface area contributed by atoms with E-state index in [1.54, 1.807) is 12.1 Å². The Morgan fingerprint density at radius 2 is 1.58 bits per heavy atom. The molecule has 0 fully saturated rings. The molecule has 0 atom stereocenters. The number of carbonyl (C=O) groups is 1. The van der Waals surface area contributed by atoms with Crippen LogP contribution in [0.15, 0.2) is 72.8 Å². The molecule has 0 heterocycles. The van der Waals surface area contributed by atoms with Crippen LogP contribution in [0.2, 0.25) is 0 Å². The number of aryl methyl sites for hydroxylation is 1. The van der Waals surface area contributed by atoms with E-state index >= 15 is 0 Å². The maximum absolute atomic E-state index is 11.0. The minimum atomic E-state index is -0.902. The van der Waals surface area contributed by atoms with Crippen molar-refractivity contribution in [1.29, 1.82) is 0 Å². The lowest BCUT2D eigenvalue weighted by Gasteiger charge is -2.11. The summed E-state index contributed by atoms with van der Waals surface area (Å²) >= 11 is 0. The Morgan fingerprint density at radius 1 is 0.917 bits per heavy atom. The normalized spacial score (nSPS) is 10.4. The zero-order valence-electron chi connectivity index (χ0n) is 13.5. The van der Waals surface area contributed by atoms with Crippen molar-refractivity contribution in [2.24, 2.45) is 0 Å². The molecule has 0 spiro atoms. The third kappa shape index (κ3) is 3.63. The first-order chi connectivity index (χ1) is 11.6. The second-order valence-corrected chi connectivity index (χ2v) is 5.75. The van der Waals surface area contributed by atoms with Crippen LogP contribution in [-0.4, -0.2) is 11.1 Å². The molecule has 0 unspecified atom stereocenters. The van der Waals surface area contributed by atoms with Gasteiger partial charge in [0, 0.05) is 12.2 Å². The van der Waals surface area contributed by atoms with Gasteiger partial charge in [-0.15, -0.1) is 0 Å². The Labute approximate surface area is 141 Å². The van der Waals surface area contributed by atoms with Crippen LogP contribution in [0.25, 0.3) is 11.1 Å². The van der Waals surface area contributed by atoms with E-state index in [0.717, 1.165) is 11.3 Å². The first kappa shape index (κ1) is 15.8. The third-order valence-corrected chi connectivity index (χ3v) is 4.02. The predicted molar refractivity (Wildman–Crippen MR) is 97.3 cm³/mol. The third-order valence-electron chi connectivity index (χ3n) is 4.02. The molecule has 3 aromatic carbocycles. The summed E-state index contributed by atoms with van der Waals surface area (Å²) in [4.78, 5) is 11.0. The van der Waals surface area contributed by atoms with Crippen LogP contribution in [0, 0.1) is 6.92 Å². The molecular formula is C21H19NO2. The lowest BCUT2D eigenvalue weighted by molar-refractivity contribution is 0.0697. The Morgan fingerprint density at radius 3 is 2.21 bits per heavy atom. The highest BCUT2D eigenvalue weighted by Gasteiger charge is 2.05. The molecule has 3 heteroatoms. The standard InChI is InChI=1S/C21H19NO2/c1-15-13-19(21(23)24)11-12-20(15)22-14-16-7-9-18(10-8-16)17-5-3-2-4-6-17/h2-13,22H,14H2,1H3,(H,23,24). The second kappa shape index (κ2) is 7.01. The Balaban J connectivity index is 1.68. The molecule has 0 amide bonds. The van der Waals surface area contributed by atoms with Gasteiger partial charge >= 0.3 is 5.97 Å². The zero-order chi connectivity index (χ0) is 16.9. The number of benzene rings is 3. The fraction of sp³-hybridized carbons (Fsp3) is 0.0952. The van der Waals surface area contributed by atoms with Gasteiger partial charge < -0.3 is 10.4 Å². The molecule has 0 saturated heterocycles. The van der Waals surface area contributed by atoms with Crippen LogP contribution in [0.1, 0.15) is 21.5 Å². The summed E-state index contributed by atoms with van der Waals surface area (Å²) in [7, 11) is 0. The summed E-state index contributed by atoms with van der Waals surface area (Å²) in [5, 5.41) is 12.4. The van der Waals surface area contributed by atoms with Gasteiger partial charge in [-0.25, -0.2) is 4.79 Å². The van der Waals surface area contributed by atoms with Crippen LogP contribution in [-0.2, 0) is 6.54 Å². The number of carboxylic acids is 1. The molecule has 24 heavy (non-hydrogen) atoms. The largest absolute Gasteiger partial charge is 0.478 e. The van der Waals surface area contributed by atoms with Gasteiger partial charge in [0.15, 0.2) is 0 Å². The van der Waals surface area contributed by atoms with Crippen molar-refractivity contribution in [3.63, 3.8) is 0 Å². The maximum Gasteiger partial charge on any atom is 0.335 e. The van der Waals surface area contributed by atoms with Crippen molar-refractivity contribution in [3.8, 4) is 11.1 Å². The maximum atomic E-state index is 11.0. The number of anilines is 1. The van der Waals surface area contributed by atoms with E-state index in [4.69, 9.17) is 5.11 Å². The first-order valence-corrected chi connectivity index (χ1v) is 7.85. The van der Waals surface area contributed by atoms with Gasteiger partial charge in [0.2, 0.25) is 0 Å². The van der Waals surface area contributed by atoms with Gasteiger partial charge in [0.05, 0.1) is 5.56 Å². The predicted octanol–water partition coefficient (Wildman–Crippen LogP) is 4.97. The Bertz CT molecular complexity index is 839. The first-order valence-electron chi connectivity index (χ1n) is 7.85. The number of rotatable bonds is 5. The molecule has 0 aliphatic carbocycles. The number of nitrogens with one attached hydrogen (secondary N) is 1. The molecule has 3 aromatic rings. The van der Waals surface area contributed by atoms with Crippen molar-refractivity contribution < 1.29 is 9.90 Å². The van der Waals surface area contributed by atoms with Crippen molar-refractivity contribution in [1.82, 2.24) is 0 Å². The minimum absolute atomic E-state index is 0.310. The summed E-state index contributed by atoms with van der Waals surface area (Å²) < 4.78 is 0. The molecule has 3 rings (SSSR count). The van der Waals surface area contributed by atoms with E-state index in [-0.39, 0.29) is 0 Å². The number of hydrogen-bond acceptors (Lipinski definition) is 2. The Hall–Kier alpha value is -3.07. The minimum Gasteiger partial charge on any atom is -0.478 e. The topological polar surface area (TPSA) is 49.3 Å². The smallest absolute Gasteiger partial charge is 0.335 e. The second-order valence-electron chi connectivity index (χ2n) is 5.75. The fourth-order valence-corrected chi connectivity index (χ4v) is 2.64. The van der Waals surface area contributed by atoms with Gasteiger partial charge in [-0.05, 0) is 47.4 Å². The Kier molecular flexibility index (Phi) is 4.62. The van der Waals surface area contributed by atoms with Crippen LogP contribution in [0.5, 0.6) is 0 Å². The molecule has 120 valence electrons. The van der Waals surface area contributed by atoms with Crippen LogP contribution in [0.4, 0.5) is 5.69 Å². The molecule has 0 radical (unpaired) electrons. The number of hydrogen-bond donors (Lipinski definition) is 2. The molecule has 0 aliphatic heterocycles. The molecule has 0 aliphatic rings. The quantitative estimate of drug-likeness (QED) is 0.698. The van der Waals surface area contributed by atoms with E-state index in [9.17, 15) is 4.79 Å². The van der Waals surface area contributed by atoms with E-state index in [1.807, 2.05) is 31.2 Å². The van der Waals surface area contributed by atoms with Crippen LogP contribution >= 0.6 is 0 Å². The van der Waals surface area contributed by atoms with E-state index in [2.05, 4.69) is 41.7 Å². The van der Waals surface area contributed by atoms with Gasteiger partial charge in [0.1, 0.15) is 0 Å². The zero-order valence-corrected chi connectivity index (χ0v) is 13.5. The molecule has 0 bridgehead atoms. The summed E-state index contributed by atoms with van der Waals surface area (Å²) in [6, 6.07) is 23.9. The van der Waals surface area contributed by atoms with Gasteiger partial charge in [-0.2, -0.15) is 0 Å². The molecule has 0 aromatic heterocycles. The van der Waals surface area contributed by atoms with E-state index in [0.29, 0.717) is 12.1 Å². The van der Waals surface area contributed by atoms with Gasteiger partial charge in [-0.1, -0.05) is 54.6 Å². The van der Waals surface area contributed by atoms with Crippen molar-refractivity contribution in [3.05, 3.63) is 89.5 Å². The van der Waals surface area contributed by atoms with Gasteiger partial charge in [-0.3, -0.25) is 0 Å². The number of carboxylic acid groups (broad SMARTS) is 1. The molecular weight excluding hydrogens is 298 g/mol. The summed E-state index contributed by atoms with van der Waals surface area (Å²) in [6.45, 7) is 2.61. The average Bonchev–Trinajstić information content (AvgIpc) is 2.62. The average molecular weight is 317 g/mol. The number of aromatic carboxylic acids is 1. The van der Waals surface area contributed by atoms with Gasteiger partial charge in [0.25, 0.3) is 0 Å². The highest BCUT2D eigenvalue weighted by atomic mass is 16.4. The lowest BCUT2D eigenvalue weighted by Crippen LogP contribution is -2.03. The van der Waals surface area contributed by atoms with E-state index < -0.39 is 5.97 Å². The fourth-order valence-electron chi connectivity index (χ4n) is 2.64. The lowest BCUT2D eigenvalue weighted by atomic mass is 10.0. The monoisotopic (exact) mass is 317 g/mol. The molecule has 3 nitrogen and oxygen atoms in total. The highest BCUT2D eigenvalue weighted by molar-refractivity contribution is 5.88. The molecule has 2 N–H and O–H groups in total. The summed E-state index contributed by atoms with van der Waals surface area (Å²) in [5.41, 5.74) is 5.77. The SMILES string of the molecule is Cc1cc(C(=O)O)ccc1NCc1ccc(-c2ccccc2)cc1. The van der Waals surface area contributed by atoms with Crippen molar-refractivity contribution >= 4 is 11.7 Å². The van der Waals surface area contributed by atoms with Crippen LogP contribution in [0.3, 0.4) is 0 Å². The highest BCUT2D eigenvalue weighted by Crippen LogP contribution is 2.21. The van der Waals surface area contributed by atoms with Crippen molar-refractivity contribution in [2.45, 2.75) is 13.5 Å². The summed E-state index contributed by atoms with van der Waals surface area (Å²) in [5.74, 6) is -0.902. The van der Waals surface area contributed by atoms with Crippen LogP contribution < -0.4 is 5.32 Å². The van der Waals surface area contributed by atoms with E-state index in [1.165, 1.54) is 16.7 Å². The van der Waals surface area contributed by atoms with Crippen molar-refractivity contribution in [2.75, 3.05) is 5.32 Å².